The molecule has 2 aliphatic heterocycles. The van der Waals surface area contributed by atoms with Crippen molar-refractivity contribution in [2.24, 2.45) is 0 Å². The lowest BCUT2D eigenvalue weighted by atomic mass is 10.1. The van der Waals surface area contributed by atoms with Gasteiger partial charge in [-0.1, -0.05) is 30.3 Å². The number of benzene rings is 2. The van der Waals surface area contributed by atoms with Crippen LogP contribution in [0.1, 0.15) is 38.9 Å². The molecule has 1 saturated heterocycles. The van der Waals surface area contributed by atoms with Gasteiger partial charge < -0.3 is 9.80 Å². The average Bonchev–Trinajstić information content (AvgIpc) is 3.35. The van der Waals surface area contributed by atoms with Crippen LogP contribution in [-0.2, 0) is 0 Å². The van der Waals surface area contributed by atoms with Gasteiger partial charge in [0.05, 0.1) is 11.3 Å². The molecule has 3 aromatic rings. The van der Waals surface area contributed by atoms with E-state index in [4.69, 9.17) is 0 Å². The molecule has 0 bridgehead atoms. The zero-order valence-corrected chi connectivity index (χ0v) is 14.7. The second-order valence-corrected chi connectivity index (χ2v) is 6.78. The van der Waals surface area contributed by atoms with E-state index in [0.29, 0.717) is 24.2 Å². The maximum Gasteiger partial charge on any atom is 0.257 e. The zero-order valence-electron chi connectivity index (χ0n) is 14.7. The lowest BCUT2D eigenvalue weighted by molar-refractivity contribution is 0.0164. The number of para-hydroxylation sites is 1. The summed E-state index contributed by atoms with van der Waals surface area (Å²) in [4.78, 5) is 29.9. The molecule has 134 valence electrons. The van der Waals surface area contributed by atoms with Crippen molar-refractivity contribution in [2.75, 3.05) is 13.1 Å². The van der Waals surface area contributed by atoms with Crippen molar-refractivity contribution in [2.45, 2.75) is 12.6 Å². The number of amides is 2. The fraction of sp³-hybridized carbons (Fsp3) is 0.190. The van der Waals surface area contributed by atoms with Crippen molar-refractivity contribution in [3.05, 3.63) is 83.7 Å². The lowest BCUT2D eigenvalue weighted by Crippen LogP contribution is -2.48. The molecule has 1 atom stereocenters. The highest BCUT2D eigenvalue weighted by atomic mass is 16.2. The smallest absolute Gasteiger partial charge is 0.257 e. The molecule has 5 rings (SSSR count). The largest absolute Gasteiger partial charge is 0.314 e. The Morgan fingerprint density at radius 2 is 1.81 bits per heavy atom. The van der Waals surface area contributed by atoms with E-state index < -0.39 is 0 Å². The van der Waals surface area contributed by atoms with Crippen molar-refractivity contribution in [1.82, 2.24) is 19.6 Å². The van der Waals surface area contributed by atoms with E-state index in [-0.39, 0.29) is 18.0 Å². The first-order chi connectivity index (χ1) is 13.3. The number of rotatable bonds is 2. The second-order valence-electron chi connectivity index (χ2n) is 6.78. The molecule has 3 heterocycles. The maximum atomic E-state index is 13.5. The Kier molecular flexibility index (Phi) is 3.57. The van der Waals surface area contributed by atoms with Crippen LogP contribution in [0, 0.1) is 0 Å². The highest BCUT2D eigenvalue weighted by molar-refractivity contribution is 6.02. The van der Waals surface area contributed by atoms with Crippen LogP contribution in [-0.4, -0.2) is 44.5 Å². The highest BCUT2D eigenvalue weighted by Gasteiger charge is 2.44. The summed E-state index contributed by atoms with van der Waals surface area (Å²) in [5.74, 6) is -0.0752. The molecule has 0 saturated carbocycles. The molecule has 0 aliphatic carbocycles. The third-order valence-electron chi connectivity index (χ3n) is 5.27. The number of carbonyl (C=O) groups is 2. The van der Waals surface area contributed by atoms with E-state index in [1.807, 2.05) is 70.6 Å². The van der Waals surface area contributed by atoms with Crippen LogP contribution in [0.4, 0.5) is 0 Å². The lowest BCUT2D eigenvalue weighted by Gasteiger charge is -2.40. The van der Waals surface area contributed by atoms with Gasteiger partial charge in [-0.05, 0) is 30.7 Å². The molecule has 6 heteroatoms. The molecule has 2 amide bonds. The van der Waals surface area contributed by atoms with E-state index in [1.54, 1.807) is 10.9 Å². The van der Waals surface area contributed by atoms with Crippen LogP contribution < -0.4 is 0 Å². The van der Waals surface area contributed by atoms with Crippen molar-refractivity contribution >= 4 is 11.8 Å². The van der Waals surface area contributed by atoms with Gasteiger partial charge in [-0.3, -0.25) is 9.59 Å². The first-order valence-corrected chi connectivity index (χ1v) is 9.05. The molecule has 1 aromatic heterocycles. The second kappa shape index (κ2) is 6.09. The van der Waals surface area contributed by atoms with Gasteiger partial charge in [0.1, 0.15) is 6.17 Å². The van der Waals surface area contributed by atoms with E-state index in [0.717, 1.165) is 17.7 Å². The number of fused-ring (bicyclic) bond motifs is 3. The summed E-state index contributed by atoms with van der Waals surface area (Å²) in [5.41, 5.74) is 2.93. The van der Waals surface area contributed by atoms with Gasteiger partial charge in [0, 0.05) is 36.6 Å². The molecule has 0 N–H and O–H groups in total. The molecule has 2 aliphatic rings. The minimum atomic E-state index is -0.333. The van der Waals surface area contributed by atoms with Gasteiger partial charge in [-0.25, -0.2) is 4.68 Å². The Morgan fingerprint density at radius 3 is 2.67 bits per heavy atom. The quantitative estimate of drug-likeness (QED) is 0.708. The topological polar surface area (TPSA) is 58.4 Å². The Bertz CT molecular complexity index is 1030. The fourth-order valence-electron chi connectivity index (χ4n) is 4.08. The van der Waals surface area contributed by atoms with E-state index in [2.05, 4.69) is 5.10 Å². The van der Waals surface area contributed by atoms with Crippen LogP contribution in [0.15, 0.2) is 67.0 Å². The van der Waals surface area contributed by atoms with Gasteiger partial charge in [0.15, 0.2) is 0 Å². The van der Waals surface area contributed by atoms with Crippen LogP contribution in [0.2, 0.25) is 0 Å². The summed E-state index contributed by atoms with van der Waals surface area (Å²) in [6.07, 6.45) is 3.95. The van der Waals surface area contributed by atoms with Crippen LogP contribution >= 0.6 is 0 Å². The highest BCUT2D eigenvalue weighted by Crippen LogP contribution is 2.39. The minimum absolute atomic E-state index is 0.00783. The summed E-state index contributed by atoms with van der Waals surface area (Å²) >= 11 is 0. The number of nitrogens with zero attached hydrogens (tertiary/aromatic N) is 4. The molecule has 0 radical (unpaired) electrons. The van der Waals surface area contributed by atoms with Crippen molar-refractivity contribution in [1.29, 1.82) is 0 Å². The third-order valence-corrected chi connectivity index (χ3v) is 5.27. The predicted octanol–water partition coefficient (Wildman–Crippen LogP) is 2.87. The number of hydrogen-bond acceptors (Lipinski definition) is 3. The van der Waals surface area contributed by atoms with Crippen LogP contribution in [0.3, 0.4) is 0 Å². The molecular formula is C21H18N4O2. The predicted molar refractivity (Wildman–Crippen MR) is 99.4 cm³/mol. The number of carbonyl (C=O) groups excluding carboxylic acids is 2. The van der Waals surface area contributed by atoms with Gasteiger partial charge in [-0.2, -0.15) is 5.10 Å². The molecule has 6 nitrogen and oxygen atoms in total. The van der Waals surface area contributed by atoms with E-state index in [1.165, 1.54) is 0 Å². The number of hydrogen-bond donors (Lipinski definition) is 0. The molecule has 2 aromatic carbocycles. The van der Waals surface area contributed by atoms with Gasteiger partial charge >= 0.3 is 0 Å². The summed E-state index contributed by atoms with van der Waals surface area (Å²) in [6.45, 7) is 1.29. The molecular weight excluding hydrogens is 340 g/mol. The molecule has 27 heavy (non-hydrogen) atoms. The monoisotopic (exact) mass is 358 g/mol. The van der Waals surface area contributed by atoms with Gasteiger partial charge in [0.2, 0.25) is 0 Å². The maximum absolute atomic E-state index is 13.5. The summed E-state index contributed by atoms with van der Waals surface area (Å²) in [7, 11) is 0. The summed E-state index contributed by atoms with van der Waals surface area (Å²) in [5, 5.41) is 4.27. The van der Waals surface area contributed by atoms with Crippen LogP contribution in [0.25, 0.3) is 5.69 Å². The Labute approximate surface area is 156 Å². The standard InChI is InChI=1S/C21H18N4O2/c26-20-16-8-2-1-7-15(16)19-23(20)12-6-13-24(19)21(27)17-9-3-4-10-18(17)25-14-5-11-22-25/h1-5,7-11,14,19H,6,12-13H2/t19-/m0/s1. The van der Waals surface area contributed by atoms with Crippen molar-refractivity contribution in [3.8, 4) is 5.69 Å². The Balaban J connectivity index is 1.58. The molecule has 0 spiro atoms. The first-order valence-electron chi connectivity index (χ1n) is 9.05. The average molecular weight is 358 g/mol. The summed E-state index contributed by atoms with van der Waals surface area (Å²) in [6, 6.07) is 16.9. The van der Waals surface area contributed by atoms with Gasteiger partial charge in [0.25, 0.3) is 11.8 Å². The summed E-state index contributed by atoms with van der Waals surface area (Å²) < 4.78 is 1.70. The molecule has 1 fully saturated rings. The zero-order chi connectivity index (χ0) is 18.4. The van der Waals surface area contributed by atoms with Crippen molar-refractivity contribution < 1.29 is 9.59 Å². The number of aromatic nitrogens is 2. The Hall–Kier alpha value is -3.41. The molecule has 0 unspecified atom stereocenters. The van der Waals surface area contributed by atoms with E-state index >= 15 is 0 Å². The fourth-order valence-corrected chi connectivity index (χ4v) is 4.08. The first kappa shape index (κ1) is 15.8. The van der Waals surface area contributed by atoms with Crippen LogP contribution in [0.5, 0.6) is 0 Å². The normalized spacial score (nSPS) is 18.4. The minimum Gasteiger partial charge on any atom is -0.314 e. The van der Waals surface area contributed by atoms with E-state index in [9.17, 15) is 9.59 Å². The van der Waals surface area contributed by atoms with Gasteiger partial charge in [-0.15, -0.1) is 0 Å². The Morgan fingerprint density at radius 1 is 1.00 bits per heavy atom. The third kappa shape index (κ3) is 2.37. The SMILES string of the molecule is O=C1c2ccccc2[C@H]2N1CCCN2C(=O)c1ccccc1-n1cccn1. The van der Waals surface area contributed by atoms with Crippen molar-refractivity contribution in [3.63, 3.8) is 0 Å².